The van der Waals surface area contributed by atoms with Gasteiger partial charge in [-0.2, -0.15) is 23.7 Å². The molecule has 4 rings (SSSR count). The van der Waals surface area contributed by atoms with Crippen molar-refractivity contribution in [3.8, 4) is 5.75 Å². The largest absolute Gasteiger partial charge is 0.508 e. The minimum absolute atomic E-state index is 0.00529. The number of amidine groups is 1. The van der Waals surface area contributed by atoms with Crippen molar-refractivity contribution in [2.24, 2.45) is 15.3 Å². The standard InChI is InChI=1S/C38H48ClN5O8S2/c1-2-3-4-5-6-7-8-9-10-11-12-13-14-17-26-53(48,49)30-23-20-28(21-24-30)44-38(47)35(42-41-33-25-22-29(45)27-32(33)39)36(43-44)40-37(46)31-18-15-16-19-34(31)54(50,51)52/h15-16,18-25,27,35,45H,2-14,17,26H2,1H3,(H,40,43,46)(H,50,51,52)/t35-/m0/s1. The van der Waals surface area contributed by atoms with Crippen LogP contribution in [0.1, 0.15) is 107 Å². The molecular weight excluding hydrogens is 754 g/mol. The summed E-state index contributed by atoms with van der Waals surface area (Å²) in [5, 5.41) is 25.3. The monoisotopic (exact) mass is 801 g/mol. The Kier molecular flexibility index (Phi) is 16.1. The van der Waals surface area contributed by atoms with Gasteiger partial charge in [0.1, 0.15) is 16.3 Å². The fourth-order valence-corrected chi connectivity index (χ4v) is 8.26. The van der Waals surface area contributed by atoms with E-state index < -0.39 is 48.3 Å². The molecule has 0 aromatic heterocycles. The van der Waals surface area contributed by atoms with Crippen molar-refractivity contribution in [1.29, 1.82) is 0 Å². The van der Waals surface area contributed by atoms with Crippen LogP contribution in [0.4, 0.5) is 11.4 Å². The smallest absolute Gasteiger partial charge is 0.295 e. The first-order chi connectivity index (χ1) is 25.8. The topological polar surface area (TPSA) is 195 Å². The fraction of sp³-hybridized carbons (Fsp3) is 0.447. The summed E-state index contributed by atoms with van der Waals surface area (Å²) in [6.45, 7) is 2.23. The molecule has 13 nitrogen and oxygen atoms in total. The molecule has 1 atom stereocenters. The predicted molar refractivity (Wildman–Crippen MR) is 209 cm³/mol. The fourth-order valence-electron chi connectivity index (χ4n) is 5.99. The van der Waals surface area contributed by atoms with Crippen molar-refractivity contribution < 1.29 is 36.1 Å². The predicted octanol–water partition coefficient (Wildman–Crippen LogP) is 8.79. The molecular formula is C38H48ClN5O8S2. The van der Waals surface area contributed by atoms with E-state index in [1.165, 1.54) is 112 Å². The molecule has 292 valence electrons. The lowest BCUT2D eigenvalue weighted by atomic mass is 10.0. The first-order valence-corrected chi connectivity index (χ1v) is 21.8. The van der Waals surface area contributed by atoms with E-state index in [9.17, 15) is 36.1 Å². The van der Waals surface area contributed by atoms with Crippen LogP contribution >= 0.6 is 11.6 Å². The number of amides is 2. The van der Waals surface area contributed by atoms with E-state index in [0.29, 0.717) is 6.42 Å². The Hall–Kier alpha value is -4.18. The van der Waals surface area contributed by atoms with Crippen LogP contribution in [0.3, 0.4) is 0 Å². The Labute approximate surface area is 322 Å². The number of phenolic OH excluding ortho intramolecular Hbond substituents is 1. The maximum Gasteiger partial charge on any atom is 0.295 e. The molecule has 0 aliphatic carbocycles. The highest BCUT2D eigenvalue weighted by molar-refractivity contribution is 7.91. The van der Waals surface area contributed by atoms with Crippen LogP contribution in [0.2, 0.25) is 5.02 Å². The summed E-state index contributed by atoms with van der Waals surface area (Å²) in [7, 11) is -8.37. The highest BCUT2D eigenvalue weighted by Crippen LogP contribution is 2.30. The number of carbonyl (C=O) groups excluding carboxylic acids is 2. The van der Waals surface area contributed by atoms with Crippen LogP contribution in [-0.4, -0.2) is 55.9 Å². The first-order valence-electron chi connectivity index (χ1n) is 18.3. The number of hydrazone groups is 1. The number of carbonyl (C=O) groups is 2. The molecule has 54 heavy (non-hydrogen) atoms. The summed E-state index contributed by atoms with van der Waals surface area (Å²) < 4.78 is 59.7. The Morgan fingerprint density at radius 1 is 0.833 bits per heavy atom. The number of anilines is 1. The molecule has 3 aromatic rings. The van der Waals surface area contributed by atoms with Crippen molar-refractivity contribution in [1.82, 2.24) is 5.32 Å². The van der Waals surface area contributed by atoms with Gasteiger partial charge in [0, 0.05) is 6.07 Å². The van der Waals surface area contributed by atoms with Gasteiger partial charge in [-0.25, -0.2) is 8.42 Å². The van der Waals surface area contributed by atoms with Gasteiger partial charge in [-0.15, -0.1) is 5.10 Å². The number of rotatable bonds is 21. The number of benzene rings is 3. The molecule has 16 heteroatoms. The van der Waals surface area contributed by atoms with Crippen LogP contribution in [0.25, 0.3) is 0 Å². The highest BCUT2D eigenvalue weighted by Gasteiger charge is 2.39. The molecule has 0 radical (unpaired) electrons. The first kappa shape index (κ1) is 42.6. The number of hydrogen-bond acceptors (Lipinski definition) is 10. The van der Waals surface area contributed by atoms with Crippen LogP contribution < -0.4 is 10.3 Å². The molecule has 1 aliphatic rings. The van der Waals surface area contributed by atoms with E-state index in [2.05, 4.69) is 27.6 Å². The van der Waals surface area contributed by atoms with Crippen LogP contribution in [-0.2, 0) is 24.7 Å². The quantitative estimate of drug-likeness (QED) is 0.0540. The van der Waals surface area contributed by atoms with Gasteiger partial charge in [-0.1, -0.05) is 114 Å². The number of phenols is 1. The zero-order chi connectivity index (χ0) is 39.1. The van der Waals surface area contributed by atoms with Gasteiger partial charge in [0.15, 0.2) is 15.7 Å². The molecule has 0 fully saturated rings. The molecule has 0 bridgehead atoms. The number of unbranched alkanes of at least 4 members (excludes halogenated alkanes) is 13. The Morgan fingerprint density at radius 3 is 1.98 bits per heavy atom. The van der Waals surface area contributed by atoms with Gasteiger partial charge >= 0.3 is 0 Å². The zero-order valence-corrected chi connectivity index (χ0v) is 32.8. The molecule has 0 spiro atoms. The number of nitrogens with zero attached hydrogens (tertiary/aromatic N) is 4. The van der Waals surface area contributed by atoms with E-state index >= 15 is 0 Å². The van der Waals surface area contributed by atoms with E-state index in [0.717, 1.165) is 42.8 Å². The Morgan fingerprint density at radius 2 is 1.41 bits per heavy atom. The van der Waals surface area contributed by atoms with Crippen molar-refractivity contribution in [3.05, 3.63) is 77.3 Å². The van der Waals surface area contributed by atoms with Gasteiger partial charge in [0.2, 0.25) is 6.04 Å². The van der Waals surface area contributed by atoms with Crippen molar-refractivity contribution >= 4 is 60.6 Å². The minimum atomic E-state index is -4.78. The Balaban J connectivity index is 1.38. The van der Waals surface area contributed by atoms with E-state index in [1.54, 1.807) is 0 Å². The maximum atomic E-state index is 13.6. The third-order valence-corrected chi connectivity index (χ3v) is 12.0. The summed E-state index contributed by atoms with van der Waals surface area (Å²) >= 11 is 6.14. The SMILES string of the molecule is CCCCCCCCCCCCCCCCS(=O)(=O)c1ccc(N2N=C(NC(=O)c3ccccc3S(=O)(=O)O)[C@H](N=Nc3ccc(O)cc3Cl)C2=O)cc1. The summed E-state index contributed by atoms with van der Waals surface area (Å²) in [4.78, 5) is 26.3. The number of sulfone groups is 1. The number of nitrogens with one attached hydrogen (secondary N) is 1. The third kappa shape index (κ3) is 12.4. The lowest BCUT2D eigenvalue weighted by Gasteiger charge is -2.13. The number of azo groups is 1. The van der Waals surface area contributed by atoms with Crippen LogP contribution in [0, 0.1) is 0 Å². The number of aromatic hydroxyl groups is 1. The summed E-state index contributed by atoms with van der Waals surface area (Å²) in [6.07, 6.45) is 16.3. The molecule has 0 saturated heterocycles. The van der Waals surface area contributed by atoms with Gasteiger partial charge in [0.05, 0.1) is 26.9 Å². The summed E-state index contributed by atoms with van der Waals surface area (Å²) in [5.74, 6) is -2.24. The second-order valence-electron chi connectivity index (χ2n) is 13.2. The lowest BCUT2D eigenvalue weighted by Crippen LogP contribution is -2.39. The molecule has 1 aliphatic heterocycles. The van der Waals surface area contributed by atoms with Gasteiger partial charge in [-0.05, 0) is 55.0 Å². The van der Waals surface area contributed by atoms with Crippen molar-refractivity contribution in [2.75, 3.05) is 10.8 Å². The molecule has 3 aromatic carbocycles. The van der Waals surface area contributed by atoms with Gasteiger partial charge < -0.3 is 10.4 Å². The Bertz CT molecular complexity index is 2020. The van der Waals surface area contributed by atoms with Gasteiger partial charge in [0.25, 0.3) is 21.9 Å². The second-order valence-corrected chi connectivity index (χ2v) is 17.1. The number of hydrogen-bond donors (Lipinski definition) is 3. The van der Waals surface area contributed by atoms with E-state index in [4.69, 9.17) is 11.6 Å². The van der Waals surface area contributed by atoms with E-state index in [1.807, 2.05) is 0 Å². The average Bonchev–Trinajstić information content (AvgIpc) is 3.44. The second kappa shape index (κ2) is 20.5. The normalized spacial score (nSPS) is 14.9. The molecule has 3 N–H and O–H groups in total. The highest BCUT2D eigenvalue weighted by atomic mass is 35.5. The van der Waals surface area contributed by atoms with Crippen LogP contribution in [0.5, 0.6) is 5.75 Å². The molecule has 0 saturated carbocycles. The third-order valence-electron chi connectivity index (χ3n) is 8.98. The van der Waals surface area contributed by atoms with Crippen LogP contribution in [0.15, 0.2) is 91.9 Å². The molecule has 2 amide bonds. The minimum Gasteiger partial charge on any atom is -0.508 e. The molecule has 0 unspecified atom stereocenters. The van der Waals surface area contributed by atoms with Crippen molar-refractivity contribution in [3.63, 3.8) is 0 Å². The average molecular weight is 802 g/mol. The van der Waals surface area contributed by atoms with Gasteiger partial charge in [-0.3, -0.25) is 14.1 Å². The summed E-state index contributed by atoms with van der Waals surface area (Å²) in [6, 6.07) is 12.8. The van der Waals surface area contributed by atoms with E-state index in [-0.39, 0.29) is 38.6 Å². The van der Waals surface area contributed by atoms with Crippen molar-refractivity contribution in [2.45, 2.75) is 113 Å². The maximum absolute atomic E-state index is 13.6. The lowest BCUT2D eigenvalue weighted by molar-refractivity contribution is -0.117. The zero-order valence-electron chi connectivity index (χ0n) is 30.4. The number of halogens is 1. The molecule has 1 heterocycles. The summed E-state index contributed by atoms with van der Waals surface area (Å²) in [5.41, 5.74) is -0.156.